The summed E-state index contributed by atoms with van der Waals surface area (Å²) in [6, 6.07) is 17.9. The Bertz CT molecular complexity index is 1240. The fourth-order valence-electron chi connectivity index (χ4n) is 3.88. The monoisotopic (exact) mass is 468 g/mol. The number of rotatable bonds is 7. The van der Waals surface area contributed by atoms with E-state index in [-0.39, 0.29) is 10.9 Å². The van der Waals surface area contributed by atoms with Crippen molar-refractivity contribution < 1.29 is 22.6 Å². The molecule has 7 nitrogen and oxygen atoms in total. The lowest BCUT2D eigenvalue weighted by molar-refractivity contribution is 0.164. The number of nitrogens with zero attached hydrogens (tertiary/aromatic N) is 1. The average Bonchev–Trinajstić information content (AvgIpc) is 2.84. The van der Waals surface area contributed by atoms with Gasteiger partial charge < -0.3 is 19.1 Å². The van der Waals surface area contributed by atoms with Crippen molar-refractivity contribution in [1.29, 1.82) is 0 Å². The Hall–Kier alpha value is -3.23. The maximum absolute atomic E-state index is 13.3. The highest BCUT2D eigenvalue weighted by atomic mass is 32.2. The molecular formula is C25H28N2O5S. The lowest BCUT2D eigenvalue weighted by atomic mass is 10.00. The van der Waals surface area contributed by atoms with E-state index in [2.05, 4.69) is 9.62 Å². The van der Waals surface area contributed by atoms with Crippen LogP contribution in [-0.4, -0.2) is 54.3 Å². The summed E-state index contributed by atoms with van der Waals surface area (Å²) in [6.45, 7) is 0.467. The smallest absolute Gasteiger partial charge is 0.262 e. The van der Waals surface area contributed by atoms with Crippen LogP contribution in [-0.2, 0) is 16.4 Å². The second-order valence-corrected chi connectivity index (χ2v) is 9.80. The summed E-state index contributed by atoms with van der Waals surface area (Å²) >= 11 is 0. The van der Waals surface area contributed by atoms with Crippen molar-refractivity contribution >= 4 is 15.7 Å². The zero-order valence-electron chi connectivity index (χ0n) is 19.2. The Balaban J connectivity index is 1.65. The van der Waals surface area contributed by atoms with Gasteiger partial charge in [-0.15, -0.1) is 0 Å². The van der Waals surface area contributed by atoms with E-state index in [9.17, 15) is 8.42 Å². The van der Waals surface area contributed by atoms with Crippen LogP contribution < -0.4 is 18.9 Å². The quantitative estimate of drug-likeness (QED) is 0.564. The first-order chi connectivity index (χ1) is 15.8. The van der Waals surface area contributed by atoms with Gasteiger partial charge in [0, 0.05) is 11.6 Å². The van der Waals surface area contributed by atoms with Crippen LogP contribution >= 0.6 is 0 Å². The lowest BCUT2D eigenvalue weighted by Crippen LogP contribution is -2.38. The van der Waals surface area contributed by atoms with Crippen molar-refractivity contribution in [3.05, 3.63) is 66.2 Å². The largest absolute Gasteiger partial charge is 0.497 e. The molecule has 0 spiro atoms. The van der Waals surface area contributed by atoms with Gasteiger partial charge in [-0.3, -0.25) is 4.72 Å². The van der Waals surface area contributed by atoms with Gasteiger partial charge in [-0.25, -0.2) is 8.42 Å². The number of nitrogens with one attached hydrogen (secondary N) is 1. The predicted molar refractivity (Wildman–Crippen MR) is 129 cm³/mol. The maximum atomic E-state index is 13.3. The van der Waals surface area contributed by atoms with Gasteiger partial charge in [0.1, 0.15) is 23.9 Å². The number of fused-ring (bicyclic) bond motifs is 1. The van der Waals surface area contributed by atoms with E-state index in [1.165, 1.54) is 0 Å². The van der Waals surface area contributed by atoms with Crippen LogP contribution in [0.4, 0.5) is 5.69 Å². The highest BCUT2D eigenvalue weighted by Gasteiger charge is 2.28. The number of likely N-dealkylation sites (N-methyl/N-ethyl adjacent to an activating group) is 1. The second-order valence-electron chi connectivity index (χ2n) is 8.12. The molecule has 1 aliphatic rings. The van der Waals surface area contributed by atoms with Crippen LogP contribution in [0.2, 0.25) is 0 Å². The van der Waals surface area contributed by atoms with Crippen molar-refractivity contribution in [3.63, 3.8) is 0 Å². The molecule has 0 bridgehead atoms. The van der Waals surface area contributed by atoms with E-state index in [1.807, 2.05) is 44.4 Å². The number of hydrogen-bond donors (Lipinski definition) is 1. The van der Waals surface area contributed by atoms with Gasteiger partial charge >= 0.3 is 0 Å². The summed E-state index contributed by atoms with van der Waals surface area (Å²) in [5.41, 5.74) is 2.95. The molecular weight excluding hydrogens is 440 g/mol. The van der Waals surface area contributed by atoms with Gasteiger partial charge in [0.25, 0.3) is 10.0 Å². The average molecular weight is 469 g/mol. The Kier molecular flexibility index (Phi) is 6.49. The molecule has 0 aromatic heterocycles. The molecule has 4 rings (SSSR count). The van der Waals surface area contributed by atoms with Gasteiger partial charge in [-0.2, -0.15) is 0 Å². The second kappa shape index (κ2) is 9.33. The highest BCUT2D eigenvalue weighted by molar-refractivity contribution is 7.92. The van der Waals surface area contributed by atoms with E-state index in [0.717, 1.165) is 22.4 Å². The number of benzene rings is 3. The van der Waals surface area contributed by atoms with Gasteiger partial charge in [0.15, 0.2) is 0 Å². The molecule has 0 saturated heterocycles. The summed E-state index contributed by atoms with van der Waals surface area (Å²) in [5, 5.41) is 0. The van der Waals surface area contributed by atoms with Gasteiger partial charge in [0.2, 0.25) is 0 Å². The van der Waals surface area contributed by atoms with Crippen molar-refractivity contribution in [1.82, 2.24) is 4.90 Å². The molecule has 1 heterocycles. The molecule has 33 heavy (non-hydrogen) atoms. The topological polar surface area (TPSA) is 77.1 Å². The first kappa shape index (κ1) is 22.9. The summed E-state index contributed by atoms with van der Waals surface area (Å²) in [6.07, 6.45) is 0.702. The molecule has 0 aliphatic carbocycles. The predicted octanol–water partition coefficient (Wildman–Crippen LogP) is 4.04. The first-order valence-corrected chi connectivity index (χ1v) is 12.1. The van der Waals surface area contributed by atoms with Gasteiger partial charge in [-0.1, -0.05) is 24.3 Å². The van der Waals surface area contributed by atoms with E-state index >= 15 is 0 Å². The molecule has 0 amide bonds. The standard InChI is InChI=1S/C25H28N2O5S/c1-27(2)19-15-22-24(31-4)13-12-23(25(22)32-16-19)26-33(28,29)21-7-5-6-18(14-21)17-8-10-20(30-3)11-9-17/h5-14,19,26H,15-16H2,1-4H3/t19-/m1/s1. The van der Waals surface area contributed by atoms with Gasteiger partial charge in [-0.05, 0) is 68.0 Å². The third-order valence-corrected chi connectivity index (χ3v) is 7.20. The van der Waals surface area contributed by atoms with Crippen LogP contribution in [0.3, 0.4) is 0 Å². The molecule has 0 radical (unpaired) electrons. The molecule has 8 heteroatoms. The van der Waals surface area contributed by atoms with E-state index in [4.69, 9.17) is 14.2 Å². The fourth-order valence-corrected chi connectivity index (χ4v) is 4.98. The number of sulfonamides is 1. The Morgan fingerprint density at radius 2 is 1.73 bits per heavy atom. The third-order valence-electron chi connectivity index (χ3n) is 5.84. The highest BCUT2D eigenvalue weighted by Crippen LogP contribution is 2.40. The summed E-state index contributed by atoms with van der Waals surface area (Å²) in [4.78, 5) is 2.26. The molecule has 0 saturated carbocycles. The van der Waals surface area contributed by atoms with Crippen LogP contribution in [0, 0.1) is 0 Å². The lowest BCUT2D eigenvalue weighted by Gasteiger charge is -2.32. The Morgan fingerprint density at radius 3 is 2.39 bits per heavy atom. The van der Waals surface area contributed by atoms with Crippen molar-refractivity contribution in [2.24, 2.45) is 0 Å². The molecule has 0 fully saturated rings. The zero-order valence-corrected chi connectivity index (χ0v) is 20.0. The van der Waals surface area contributed by atoms with Crippen LogP contribution in [0.25, 0.3) is 11.1 Å². The first-order valence-electron chi connectivity index (χ1n) is 10.6. The minimum absolute atomic E-state index is 0.169. The fraction of sp³-hybridized carbons (Fsp3) is 0.280. The number of ether oxygens (including phenoxy) is 3. The van der Waals surface area contributed by atoms with Gasteiger partial charge in [0.05, 0.1) is 24.8 Å². The molecule has 0 unspecified atom stereocenters. The zero-order chi connectivity index (χ0) is 23.6. The SMILES string of the molecule is COc1ccc(-c2cccc(S(=O)(=O)Nc3ccc(OC)c4c3OC[C@H](N(C)C)C4)c2)cc1. The molecule has 1 N–H and O–H groups in total. The molecule has 174 valence electrons. The van der Waals surface area contributed by atoms with E-state index in [0.29, 0.717) is 30.2 Å². The Labute approximate surface area is 195 Å². The minimum atomic E-state index is -3.85. The molecule has 1 aliphatic heterocycles. The summed E-state index contributed by atoms with van der Waals surface area (Å²) in [5.74, 6) is 1.94. The van der Waals surface area contributed by atoms with E-state index < -0.39 is 10.0 Å². The Morgan fingerprint density at radius 1 is 0.970 bits per heavy atom. The van der Waals surface area contributed by atoms with Crippen LogP contribution in [0.15, 0.2) is 65.6 Å². The molecule has 3 aromatic carbocycles. The summed E-state index contributed by atoms with van der Waals surface area (Å²) < 4.78 is 46.0. The van der Waals surface area contributed by atoms with Crippen LogP contribution in [0.1, 0.15) is 5.56 Å². The molecule has 1 atom stereocenters. The van der Waals surface area contributed by atoms with Crippen molar-refractivity contribution in [2.75, 3.05) is 39.6 Å². The van der Waals surface area contributed by atoms with E-state index in [1.54, 1.807) is 44.6 Å². The van der Waals surface area contributed by atoms with Crippen LogP contribution in [0.5, 0.6) is 17.2 Å². The normalized spacial score (nSPS) is 15.5. The number of hydrogen-bond acceptors (Lipinski definition) is 6. The van der Waals surface area contributed by atoms with Crippen molar-refractivity contribution in [2.45, 2.75) is 17.4 Å². The number of methoxy groups -OCH3 is 2. The minimum Gasteiger partial charge on any atom is -0.497 e. The van der Waals surface area contributed by atoms with Crippen molar-refractivity contribution in [3.8, 4) is 28.4 Å². The molecule has 3 aromatic rings. The maximum Gasteiger partial charge on any atom is 0.262 e. The number of anilines is 1. The third kappa shape index (κ3) is 4.77. The summed E-state index contributed by atoms with van der Waals surface area (Å²) in [7, 11) is 3.35.